The minimum atomic E-state index is -3.47. The van der Waals surface area contributed by atoms with Crippen molar-refractivity contribution >= 4 is 21.6 Å². The normalized spacial score (nSPS) is 12.5. The van der Waals surface area contributed by atoms with Gasteiger partial charge in [-0.1, -0.05) is 13.0 Å². The number of benzene rings is 1. The molecule has 0 heterocycles. The van der Waals surface area contributed by atoms with Crippen LogP contribution in [0.15, 0.2) is 24.3 Å². The molecule has 0 aliphatic rings. The number of hydrogen-bond donors (Lipinski definition) is 1. The van der Waals surface area contributed by atoms with Gasteiger partial charge in [0.05, 0.1) is 19.1 Å². The van der Waals surface area contributed by atoms with Gasteiger partial charge in [-0.25, -0.2) is 8.42 Å². The Balaban J connectivity index is 2.85. The highest BCUT2D eigenvalue weighted by Crippen LogP contribution is 2.23. The molecule has 124 valence electrons. The Morgan fingerprint density at radius 3 is 2.64 bits per heavy atom. The van der Waals surface area contributed by atoms with Crippen molar-refractivity contribution in [2.24, 2.45) is 0 Å². The van der Waals surface area contributed by atoms with Gasteiger partial charge in [0.25, 0.3) is 0 Å². The van der Waals surface area contributed by atoms with Gasteiger partial charge in [-0.05, 0) is 25.5 Å². The number of ether oxygens (including phenoxy) is 1. The molecular weight excluding hydrogens is 304 g/mol. The van der Waals surface area contributed by atoms with Crippen molar-refractivity contribution in [1.29, 1.82) is 0 Å². The van der Waals surface area contributed by atoms with Crippen LogP contribution in [0.3, 0.4) is 0 Å². The minimum Gasteiger partial charge on any atom is -0.497 e. The summed E-state index contributed by atoms with van der Waals surface area (Å²) in [6.07, 6.45) is 2.06. The van der Waals surface area contributed by atoms with Crippen LogP contribution in [0.25, 0.3) is 0 Å². The molecule has 6 nitrogen and oxygen atoms in total. The number of sulfonamides is 1. The molecule has 1 N–H and O–H groups in total. The first-order valence-electron chi connectivity index (χ1n) is 7.19. The lowest BCUT2D eigenvalue weighted by molar-refractivity contribution is -0.121. The first-order chi connectivity index (χ1) is 10.3. The number of nitrogens with one attached hydrogen (secondary N) is 1. The van der Waals surface area contributed by atoms with Crippen molar-refractivity contribution < 1.29 is 17.9 Å². The Labute approximate surface area is 132 Å². The van der Waals surface area contributed by atoms with E-state index in [1.54, 1.807) is 24.3 Å². The summed E-state index contributed by atoms with van der Waals surface area (Å²) in [5, 5.41) is 2.83. The maximum Gasteiger partial charge on any atom is 0.232 e. The van der Waals surface area contributed by atoms with Gasteiger partial charge in [-0.2, -0.15) is 0 Å². The Morgan fingerprint density at radius 2 is 2.09 bits per heavy atom. The van der Waals surface area contributed by atoms with Crippen LogP contribution >= 0.6 is 0 Å². The Hall–Kier alpha value is -1.76. The Morgan fingerprint density at radius 1 is 1.41 bits per heavy atom. The molecule has 22 heavy (non-hydrogen) atoms. The van der Waals surface area contributed by atoms with Crippen LogP contribution in [-0.4, -0.2) is 40.3 Å². The first kappa shape index (κ1) is 18.3. The number of methoxy groups -OCH3 is 1. The highest BCUT2D eigenvalue weighted by atomic mass is 32.2. The lowest BCUT2D eigenvalue weighted by Crippen LogP contribution is -2.37. The van der Waals surface area contributed by atoms with E-state index in [4.69, 9.17) is 4.74 Å². The van der Waals surface area contributed by atoms with E-state index in [0.717, 1.165) is 12.7 Å². The average Bonchev–Trinajstić information content (AvgIpc) is 2.46. The summed E-state index contributed by atoms with van der Waals surface area (Å²) < 4.78 is 30.3. The van der Waals surface area contributed by atoms with Crippen molar-refractivity contribution in [2.75, 3.05) is 24.2 Å². The molecule has 1 aromatic rings. The largest absolute Gasteiger partial charge is 0.497 e. The average molecular weight is 328 g/mol. The summed E-state index contributed by atoms with van der Waals surface area (Å²) in [5.74, 6) is 0.404. The minimum absolute atomic E-state index is 0.0796. The molecule has 0 aliphatic carbocycles. The summed E-state index contributed by atoms with van der Waals surface area (Å²) in [7, 11) is -1.96. The maximum atomic E-state index is 12.0. The summed E-state index contributed by atoms with van der Waals surface area (Å²) in [6, 6.07) is 6.84. The second-order valence-electron chi connectivity index (χ2n) is 5.16. The molecule has 0 fully saturated rings. The number of amides is 1. The van der Waals surface area contributed by atoms with Crippen molar-refractivity contribution in [3.63, 3.8) is 0 Å². The van der Waals surface area contributed by atoms with E-state index in [1.165, 1.54) is 11.4 Å². The van der Waals surface area contributed by atoms with Gasteiger partial charge in [0.1, 0.15) is 5.75 Å². The number of carbonyl (C=O) groups excluding carboxylic acids is 1. The van der Waals surface area contributed by atoms with Gasteiger partial charge in [-0.15, -0.1) is 0 Å². The van der Waals surface area contributed by atoms with Crippen molar-refractivity contribution in [2.45, 2.75) is 32.7 Å². The number of nitrogens with zero attached hydrogens (tertiary/aromatic N) is 1. The molecule has 0 aromatic heterocycles. The molecule has 1 unspecified atom stereocenters. The molecule has 0 saturated heterocycles. The van der Waals surface area contributed by atoms with Crippen LogP contribution < -0.4 is 14.4 Å². The predicted molar refractivity (Wildman–Crippen MR) is 87.7 cm³/mol. The van der Waals surface area contributed by atoms with Crippen LogP contribution in [0.4, 0.5) is 5.69 Å². The Kier molecular flexibility index (Phi) is 6.67. The second-order valence-corrected chi connectivity index (χ2v) is 7.07. The molecule has 0 saturated carbocycles. The van der Waals surface area contributed by atoms with Crippen molar-refractivity contribution in [3.05, 3.63) is 24.3 Å². The van der Waals surface area contributed by atoms with Gasteiger partial charge in [0.2, 0.25) is 15.9 Å². The lowest BCUT2D eigenvalue weighted by Gasteiger charge is -2.23. The van der Waals surface area contributed by atoms with Crippen LogP contribution in [0.5, 0.6) is 5.75 Å². The number of hydrogen-bond acceptors (Lipinski definition) is 4. The van der Waals surface area contributed by atoms with E-state index in [2.05, 4.69) is 5.32 Å². The molecule has 1 atom stereocenters. The van der Waals surface area contributed by atoms with E-state index in [0.29, 0.717) is 11.4 Å². The fraction of sp³-hybridized carbons (Fsp3) is 0.533. The molecule has 0 spiro atoms. The highest BCUT2D eigenvalue weighted by molar-refractivity contribution is 7.92. The van der Waals surface area contributed by atoms with Crippen LogP contribution in [0.2, 0.25) is 0 Å². The topological polar surface area (TPSA) is 75.7 Å². The van der Waals surface area contributed by atoms with E-state index in [9.17, 15) is 13.2 Å². The van der Waals surface area contributed by atoms with Crippen molar-refractivity contribution in [1.82, 2.24) is 5.32 Å². The van der Waals surface area contributed by atoms with Crippen LogP contribution in [-0.2, 0) is 14.8 Å². The second kappa shape index (κ2) is 8.03. The number of anilines is 1. The van der Waals surface area contributed by atoms with E-state index in [1.807, 2.05) is 13.8 Å². The molecule has 7 heteroatoms. The third kappa shape index (κ3) is 5.55. The van der Waals surface area contributed by atoms with E-state index < -0.39 is 10.0 Å². The molecule has 0 bridgehead atoms. The molecule has 1 rings (SSSR count). The van der Waals surface area contributed by atoms with Gasteiger partial charge >= 0.3 is 0 Å². The smallest absolute Gasteiger partial charge is 0.232 e. The van der Waals surface area contributed by atoms with Gasteiger partial charge in [-0.3, -0.25) is 9.10 Å². The Bertz CT molecular complexity index is 601. The third-order valence-corrected chi connectivity index (χ3v) is 4.50. The van der Waals surface area contributed by atoms with Gasteiger partial charge in [0, 0.05) is 25.1 Å². The van der Waals surface area contributed by atoms with Gasteiger partial charge in [0.15, 0.2) is 0 Å². The zero-order valence-corrected chi connectivity index (χ0v) is 14.3. The molecular formula is C15H24N2O4S. The number of carbonyl (C=O) groups is 1. The fourth-order valence-corrected chi connectivity index (χ4v) is 2.82. The highest BCUT2D eigenvalue weighted by Gasteiger charge is 2.19. The maximum absolute atomic E-state index is 12.0. The summed E-state index contributed by atoms with van der Waals surface area (Å²) in [4.78, 5) is 11.8. The molecule has 0 aliphatic heterocycles. The van der Waals surface area contributed by atoms with Crippen LogP contribution in [0.1, 0.15) is 26.7 Å². The summed E-state index contributed by atoms with van der Waals surface area (Å²) >= 11 is 0. The van der Waals surface area contributed by atoms with Gasteiger partial charge < -0.3 is 10.1 Å². The van der Waals surface area contributed by atoms with Crippen molar-refractivity contribution in [3.8, 4) is 5.75 Å². The first-order valence-corrected chi connectivity index (χ1v) is 9.04. The molecule has 0 radical (unpaired) electrons. The lowest BCUT2D eigenvalue weighted by atomic mass is 10.2. The quantitative estimate of drug-likeness (QED) is 0.789. The molecule has 1 amide bonds. The van der Waals surface area contributed by atoms with E-state index in [-0.39, 0.29) is 24.9 Å². The summed E-state index contributed by atoms with van der Waals surface area (Å²) in [6.45, 7) is 3.98. The SMILES string of the molecule is CCC(C)NC(=O)CCN(c1cccc(OC)c1)S(C)(=O)=O. The zero-order valence-electron chi connectivity index (χ0n) is 13.5. The monoisotopic (exact) mass is 328 g/mol. The van der Waals surface area contributed by atoms with E-state index >= 15 is 0 Å². The fourth-order valence-electron chi connectivity index (χ4n) is 1.90. The number of rotatable bonds is 8. The molecule has 1 aromatic carbocycles. The standard InChI is InChI=1S/C15H24N2O4S/c1-5-12(2)16-15(18)9-10-17(22(4,19)20)13-7-6-8-14(11-13)21-3/h6-8,11-12H,5,9-10H2,1-4H3,(H,16,18). The van der Waals surface area contributed by atoms with Crippen LogP contribution in [0, 0.1) is 0 Å². The third-order valence-electron chi connectivity index (χ3n) is 3.30. The summed E-state index contributed by atoms with van der Waals surface area (Å²) in [5.41, 5.74) is 0.484. The zero-order chi connectivity index (χ0) is 16.8. The predicted octanol–water partition coefficient (Wildman–Crippen LogP) is 1.77.